The predicted molar refractivity (Wildman–Crippen MR) is 65.6 cm³/mol. The summed E-state index contributed by atoms with van der Waals surface area (Å²) in [6.07, 6.45) is 10.1. The van der Waals surface area contributed by atoms with Crippen molar-refractivity contribution in [1.29, 1.82) is 0 Å². The van der Waals surface area contributed by atoms with Gasteiger partial charge in [0.05, 0.1) is 0 Å². The van der Waals surface area contributed by atoms with Gasteiger partial charge >= 0.3 is 0 Å². The van der Waals surface area contributed by atoms with Crippen LogP contribution in [0.2, 0.25) is 0 Å². The molecule has 1 aliphatic rings. The van der Waals surface area contributed by atoms with Crippen LogP contribution in [0.25, 0.3) is 0 Å². The van der Waals surface area contributed by atoms with Gasteiger partial charge in [0.15, 0.2) is 0 Å². The summed E-state index contributed by atoms with van der Waals surface area (Å²) < 4.78 is 1.06. The van der Waals surface area contributed by atoms with Gasteiger partial charge in [-0.3, -0.25) is 4.98 Å². The standard InChI is InChI=1S/C12H17BrN2/c13-11-5-10(7-15-8-11)6-12(9-14)3-1-2-4-12/h5,7-8H,1-4,6,9,14H2. The van der Waals surface area contributed by atoms with Crippen molar-refractivity contribution in [3.8, 4) is 0 Å². The first kappa shape index (κ1) is 11.1. The zero-order valence-electron chi connectivity index (χ0n) is 8.88. The zero-order chi connectivity index (χ0) is 10.7. The lowest BCUT2D eigenvalue weighted by atomic mass is 9.80. The molecule has 0 aromatic carbocycles. The summed E-state index contributed by atoms with van der Waals surface area (Å²) in [7, 11) is 0. The molecular weight excluding hydrogens is 252 g/mol. The third kappa shape index (κ3) is 2.58. The molecule has 2 rings (SSSR count). The molecule has 0 bridgehead atoms. The van der Waals surface area contributed by atoms with Gasteiger partial charge in [-0.05, 0) is 58.8 Å². The molecule has 2 N–H and O–H groups in total. The minimum Gasteiger partial charge on any atom is -0.330 e. The van der Waals surface area contributed by atoms with Gasteiger partial charge in [0, 0.05) is 16.9 Å². The highest BCUT2D eigenvalue weighted by molar-refractivity contribution is 9.10. The van der Waals surface area contributed by atoms with Crippen molar-refractivity contribution in [3.63, 3.8) is 0 Å². The summed E-state index contributed by atoms with van der Waals surface area (Å²) in [4.78, 5) is 4.20. The average molecular weight is 269 g/mol. The zero-order valence-corrected chi connectivity index (χ0v) is 10.5. The molecule has 3 heteroatoms. The first-order valence-corrected chi connectivity index (χ1v) is 6.33. The number of nitrogens with zero attached hydrogens (tertiary/aromatic N) is 1. The quantitative estimate of drug-likeness (QED) is 0.916. The molecule has 1 heterocycles. The number of hydrogen-bond acceptors (Lipinski definition) is 2. The minimum absolute atomic E-state index is 0.350. The molecule has 1 aromatic rings. The lowest BCUT2D eigenvalue weighted by molar-refractivity contribution is 0.306. The molecule has 0 spiro atoms. The third-order valence-electron chi connectivity index (χ3n) is 3.44. The maximum atomic E-state index is 5.92. The van der Waals surface area contributed by atoms with Gasteiger partial charge in [-0.1, -0.05) is 12.8 Å². The van der Waals surface area contributed by atoms with Gasteiger partial charge in [0.1, 0.15) is 0 Å². The Morgan fingerprint density at radius 3 is 2.67 bits per heavy atom. The van der Waals surface area contributed by atoms with E-state index in [9.17, 15) is 0 Å². The van der Waals surface area contributed by atoms with Crippen LogP contribution in [0.5, 0.6) is 0 Å². The van der Waals surface area contributed by atoms with E-state index in [1.165, 1.54) is 31.2 Å². The van der Waals surface area contributed by atoms with Gasteiger partial charge in [0.25, 0.3) is 0 Å². The number of nitrogens with two attached hydrogens (primary N) is 1. The molecule has 0 unspecified atom stereocenters. The monoisotopic (exact) mass is 268 g/mol. The smallest absolute Gasteiger partial charge is 0.0410 e. The van der Waals surface area contributed by atoms with Crippen LogP contribution in [0.3, 0.4) is 0 Å². The summed E-state index contributed by atoms with van der Waals surface area (Å²) in [5.41, 5.74) is 7.57. The van der Waals surface area contributed by atoms with Crippen molar-refractivity contribution in [2.45, 2.75) is 32.1 Å². The average Bonchev–Trinajstić information content (AvgIpc) is 2.67. The fraction of sp³-hybridized carbons (Fsp3) is 0.583. The first-order valence-electron chi connectivity index (χ1n) is 5.54. The number of aromatic nitrogens is 1. The number of halogens is 1. The summed E-state index contributed by atoms with van der Waals surface area (Å²) in [6.45, 7) is 0.805. The van der Waals surface area contributed by atoms with Crippen molar-refractivity contribution in [1.82, 2.24) is 4.98 Å². The highest BCUT2D eigenvalue weighted by Crippen LogP contribution is 2.40. The maximum Gasteiger partial charge on any atom is 0.0410 e. The fourth-order valence-corrected chi connectivity index (χ4v) is 2.98. The Kier molecular flexibility index (Phi) is 3.42. The van der Waals surface area contributed by atoms with E-state index >= 15 is 0 Å². The van der Waals surface area contributed by atoms with Crippen LogP contribution in [0.15, 0.2) is 22.9 Å². The SMILES string of the molecule is NCC1(Cc2cncc(Br)c2)CCCC1. The Morgan fingerprint density at radius 2 is 2.07 bits per heavy atom. The van der Waals surface area contributed by atoms with Crippen molar-refractivity contribution >= 4 is 15.9 Å². The highest BCUT2D eigenvalue weighted by Gasteiger charge is 2.32. The second-order valence-electron chi connectivity index (χ2n) is 4.60. The van der Waals surface area contributed by atoms with Gasteiger partial charge in [-0.2, -0.15) is 0 Å². The predicted octanol–water partition coefficient (Wildman–Crippen LogP) is 2.91. The Hall–Kier alpha value is -0.410. The molecular formula is C12H17BrN2. The molecule has 82 valence electrons. The van der Waals surface area contributed by atoms with Gasteiger partial charge < -0.3 is 5.73 Å². The molecule has 2 nitrogen and oxygen atoms in total. The van der Waals surface area contributed by atoms with Gasteiger partial charge in [0.2, 0.25) is 0 Å². The van der Waals surface area contributed by atoms with Crippen LogP contribution >= 0.6 is 15.9 Å². The van der Waals surface area contributed by atoms with Crippen LogP contribution in [0, 0.1) is 5.41 Å². The maximum absolute atomic E-state index is 5.92. The molecule has 15 heavy (non-hydrogen) atoms. The highest BCUT2D eigenvalue weighted by atomic mass is 79.9. The molecule has 1 saturated carbocycles. The Labute approximate surface area is 99.4 Å². The van der Waals surface area contributed by atoms with Crippen LogP contribution in [-0.2, 0) is 6.42 Å². The molecule has 1 aliphatic carbocycles. The Balaban J connectivity index is 2.12. The molecule has 0 saturated heterocycles. The van der Waals surface area contributed by atoms with Gasteiger partial charge in [-0.15, -0.1) is 0 Å². The lowest BCUT2D eigenvalue weighted by Crippen LogP contribution is -2.29. The number of hydrogen-bond donors (Lipinski definition) is 1. The normalized spacial score (nSPS) is 19.3. The second kappa shape index (κ2) is 4.62. The van der Waals surface area contributed by atoms with Crippen LogP contribution in [0.1, 0.15) is 31.2 Å². The Bertz CT molecular complexity index is 332. The molecule has 0 radical (unpaired) electrons. The summed E-state index contributed by atoms with van der Waals surface area (Å²) >= 11 is 3.46. The van der Waals surface area contributed by atoms with Crippen molar-refractivity contribution < 1.29 is 0 Å². The van der Waals surface area contributed by atoms with Crippen molar-refractivity contribution in [3.05, 3.63) is 28.5 Å². The van der Waals surface area contributed by atoms with E-state index < -0.39 is 0 Å². The van der Waals surface area contributed by atoms with E-state index in [-0.39, 0.29) is 0 Å². The summed E-state index contributed by atoms with van der Waals surface area (Å²) in [5, 5.41) is 0. The van der Waals surface area contributed by atoms with E-state index in [1.807, 2.05) is 12.4 Å². The van der Waals surface area contributed by atoms with E-state index in [0.717, 1.165) is 17.4 Å². The Morgan fingerprint density at radius 1 is 1.33 bits per heavy atom. The summed E-state index contributed by atoms with van der Waals surface area (Å²) in [5.74, 6) is 0. The lowest BCUT2D eigenvalue weighted by Gasteiger charge is -2.27. The number of rotatable bonds is 3. The van der Waals surface area contributed by atoms with Crippen LogP contribution < -0.4 is 5.73 Å². The van der Waals surface area contributed by atoms with Crippen LogP contribution in [-0.4, -0.2) is 11.5 Å². The molecule has 0 aliphatic heterocycles. The van der Waals surface area contributed by atoms with E-state index in [2.05, 4.69) is 27.0 Å². The number of pyridine rings is 1. The van der Waals surface area contributed by atoms with Gasteiger partial charge in [-0.25, -0.2) is 0 Å². The fourth-order valence-electron chi connectivity index (χ4n) is 2.56. The van der Waals surface area contributed by atoms with E-state index in [4.69, 9.17) is 5.73 Å². The molecule has 1 aromatic heterocycles. The van der Waals surface area contributed by atoms with E-state index in [0.29, 0.717) is 5.41 Å². The van der Waals surface area contributed by atoms with E-state index in [1.54, 1.807) is 0 Å². The summed E-state index contributed by atoms with van der Waals surface area (Å²) in [6, 6.07) is 2.16. The molecule has 0 atom stereocenters. The first-order chi connectivity index (χ1) is 7.24. The van der Waals surface area contributed by atoms with Crippen molar-refractivity contribution in [2.24, 2.45) is 11.1 Å². The largest absolute Gasteiger partial charge is 0.330 e. The molecule has 0 amide bonds. The molecule has 1 fully saturated rings. The van der Waals surface area contributed by atoms with Crippen LogP contribution in [0.4, 0.5) is 0 Å². The second-order valence-corrected chi connectivity index (χ2v) is 5.52. The third-order valence-corrected chi connectivity index (χ3v) is 3.87. The van der Waals surface area contributed by atoms with Crippen molar-refractivity contribution in [2.75, 3.05) is 6.54 Å². The topological polar surface area (TPSA) is 38.9 Å². The minimum atomic E-state index is 0.350.